The number of nitrogens with one attached hydrogen (secondary N) is 1. The maximum atomic E-state index is 13.3. The standard InChI is InChI=1S/C10H13BrFNO/c1-7(6-14-2)13-10-8(11)4-3-5-9(10)12/h3-5,7,13H,6H2,1-2H3. The summed E-state index contributed by atoms with van der Waals surface area (Å²) >= 11 is 3.28. The lowest BCUT2D eigenvalue weighted by Gasteiger charge is -2.15. The van der Waals surface area contributed by atoms with Gasteiger partial charge in [0, 0.05) is 17.6 Å². The lowest BCUT2D eigenvalue weighted by atomic mass is 10.2. The van der Waals surface area contributed by atoms with Gasteiger partial charge in [-0.15, -0.1) is 0 Å². The molecule has 0 spiro atoms. The topological polar surface area (TPSA) is 21.3 Å². The smallest absolute Gasteiger partial charge is 0.147 e. The van der Waals surface area contributed by atoms with Crippen molar-refractivity contribution in [2.45, 2.75) is 13.0 Å². The Bertz CT molecular complexity index is 286. The highest BCUT2D eigenvalue weighted by Crippen LogP contribution is 2.25. The lowest BCUT2D eigenvalue weighted by molar-refractivity contribution is 0.190. The van der Waals surface area contributed by atoms with E-state index < -0.39 is 0 Å². The summed E-state index contributed by atoms with van der Waals surface area (Å²) in [6.07, 6.45) is 0. The fourth-order valence-electron chi connectivity index (χ4n) is 1.17. The monoisotopic (exact) mass is 261 g/mol. The van der Waals surface area contributed by atoms with Gasteiger partial charge < -0.3 is 10.1 Å². The van der Waals surface area contributed by atoms with Crippen LogP contribution < -0.4 is 5.32 Å². The maximum absolute atomic E-state index is 13.3. The first-order valence-electron chi connectivity index (χ1n) is 4.34. The van der Waals surface area contributed by atoms with E-state index in [0.717, 1.165) is 4.47 Å². The van der Waals surface area contributed by atoms with Gasteiger partial charge in [-0.25, -0.2) is 4.39 Å². The molecule has 4 heteroatoms. The summed E-state index contributed by atoms with van der Waals surface area (Å²) in [5.74, 6) is -0.262. The second-order valence-corrected chi connectivity index (χ2v) is 3.95. The summed E-state index contributed by atoms with van der Waals surface area (Å²) in [6, 6.07) is 4.96. The highest BCUT2D eigenvalue weighted by molar-refractivity contribution is 9.10. The Morgan fingerprint density at radius 2 is 2.29 bits per heavy atom. The molecule has 0 aliphatic heterocycles. The van der Waals surface area contributed by atoms with Crippen molar-refractivity contribution < 1.29 is 9.13 Å². The van der Waals surface area contributed by atoms with E-state index in [2.05, 4.69) is 21.2 Å². The molecule has 0 fully saturated rings. The molecular formula is C10H13BrFNO. The highest BCUT2D eigenvalue weighted by atomic mass is 79.9. The molecule has 1 N–H and O–H groups in total. The summed E-state index contributed by atoms with van der Waals surface area (Å²) < 4.78 is 19.0. The van der Waals surface area contributed by atoms with Crippen LogP contribution in [0.5, 0.6) is 0 Å². The third-order valence-corrected chi connectivity index (χ3v) is 2.43. The van der Waals surface area contributed by atoms with Crippen LogP contribution in [0, 0.1) is 5.82 Å². The summed E-state index contributed by atoms with van der Waals surface area (Å²) in [5.41, 5.74) is 0.483. The van der Waals surface area contributed by atoms with Gasteiger partial charge in [0.1, 0.15) is 5.82 Å². The molecule has 0 aliphatic carbocycles. The molecular weight excluding hydrogens is 249 g/mol. The van der Waals surface area contributed by atoms with E-state index in [1.54, 1.807) is 19.2 Å². The first-order valence-corrected chi connectivity index (χ1v) is 5.14. The van der Waals surface area contributed by atoms with E-state index in [9.17, 15) is 4.39 Å². The van der Waals surface area contributed by atoms with Crippen molar-refractivity contribution >= 4 is 21.6 Å². The Hall–Kier alpha value is -0.610. The number of halogens is 2. The van der Waals surface area contributed by atoms with E-state index in [-0.39, 0.29) is 11.9 Å². The van der Waals surface area contributed by atoms with Crippen LogP contribution in [0.1, 0.15) is 6.92 Å². The van der Waals surface area contributed by atoms with Gasteiger partial charge in [0.05, 0.1) is 12.3 Å². The predicted molar refractivity (Wildman–Crippen MR) is 59.1 cm³/mol. The molecule has 2 nitrogen and oxygen atoms in total. The van der Waals surface area contributed by atoms with Crippen LogP contribution >= 0.6 is 15.9 Å². The summed E-state index contributed by atoms with van der Waals surface area (Å²) in [5, 5.41) is 3.03. The van der Waals surface area contributed by atoms with Crippen LogP contribution in [0.3, 0.4) is 0 Å². The molecule has 0 bridgehead atoms. The average Bonchev–Trinajstić information content (AvgIpc) is 2.12. The number of para-hydroxylation sites is 1. The van der Waals surface area contributed by atoms with Crippen molar-refractivity contribution in [2.75, 3.05) is 19.0 Å². The third-order valence-electron chi connectivity index (χ3n) is 1.77. The van der Waals surface area contributed by atoms with E-state index >= 15 is 0 Å². The number of hydrogen-bond acceptors (Lipinski definition) is 2. The van der Waals surface area contributed by atoms with E-state index in [1.165, 1.54) is 6.07 Å². The van der Waals surface area contributed by atoms with E-state index in [4.69, 9.17) is 4.74 Å². The molecule has 1 aromatic carbocycles. The molecule has 1 aromatic rings. The number of hydrogen-bond donors (Lipinski definition) is 1. The SMILES string of the molecule is COCC(C)Nc1c(F)cccc1Br. The van der Waals surface area contributed by atoms with Crippen molar-refractivity contribution in [3.8, 4) is 0 Å². The average molecular weight is 262 g/mol. The second-order valence-electron chi connectivity index (χ2n) is 3.10. The van der Waals surface area contributed by atoms with Crippen molar-refractivity contribution in [1.82, 2.24) is 0 Å². The van der Waals surface area contributed by atoms with Crippen molar-refractivity contribution in [3.63, 3.8) is 0 Å². The van der Waals surface area contributed by atoms with Crippen LogP contribution in [0.15, 0.2) is 22.7 Å². The Morgan fingerprint density at radius 3 is 2.86 bits per heavy atom. The Labute approximate surface area is 91.6 Å². The maximum Gasteiger partial charge on any atom is 0.147 e. The molecule has 0 amide bonds. The number of anilines is 1. The van der Waals surface area contributed by atoms with Crippen molar-refractivity contribution in [3.05, 3.63) is 28.5 Å². The van der Waals surface area contributed by atoms with Gasteiger partial charge in [0.25, 0.3) is 0 Å². The minimum atomic E-state index is -0.262. The van der Waals surface area contributed by atoms with Gasteiger partial charge in [0.15, 0.2) is 0 Å². The molecule has 1 atom stereocenters. The quantitative estimate of drug-likeness (QED) is 0.900. The fourth-order valence-corrected chi connectivity index (χ4v) is 1.63. The molecule has 0 aliphatic rings. The fraction of sp³-hybridized carbons (Fsp3) is 0.400. The minimum absolute atomic E-state index is 0.0770. The number of rotatable bonds is 4. The van der Waals surface area contributed by atoms with E-state index in [0.29, 0.717) is 12.3 Å². The molecule has 1 rings (SSSR count). The molecule has 14 heavy (non-hydrogen) atoms. The van der Waals surface area contributed by atoms with Gasteiger partial charge >= 0.3 is 0 Å². The Morgan fingerprint density at radius 1 is 1.57 bits per heavy atom. The van der Waals surface area contributed by atoms with Crippen LogP contribution in [0.4, 0.5) is 10.1 Å². The molecule has 0 saturated heterocycles. The Kier molecular flexibility index (Phi) is 4.35. The second kappa shape index (κ2) is 5.32. The van der Waals surface area contributed by atoms with Crippen molar-refractivity contribution in [2.24, 2.45) is 0 Å². The summed E-state index contributed by atoms with van der Waals surface area (Å²) in [6.45, 7) is 2.48. The molecule has 0 radical (unpaired) electrons. The Balaban J connectivity index is 2.75. The molecule has 78 valence electrons. The van der Waals surface area contributed by atoms with Crippen LogP contribution in [0.25, 0.3) is 0 Å². The van der Waals surface area contributed by atoms with Gasteiger partial charge in [-0.1, -0.05) is 6.07 Å². The summed E-state index contributed by atoms with van der Waals surface area (Å²) in [7, 11) is 1.62. The molecule has 0 aromatic heterocycles. The zero-order valence-electron chi connectivity index (χ0n) is 8.18. The zero-order chi connectivity index (χ0) is 10.6. The van der Waals surface area contributed by atoms with Gasteiger partial charge in [0.2, 0.25) is 0 Å². The largest absolute Gasteiger partial charge is 0.383 e. The normalized spacial score (nSPS) is 12.6. The number of methoxy groups -OCH3 is 1. The van der Waals surface area contributed by atoms with Crippen LogP contribution in [-0.2, 0) is 4.74 Å². The van der Waals surface area contributed by atoms with Crippen molar-refractivity contribution in [1.29, 1.82) is 0 Å². The molecule has 1 unspecified atom stereocenters. The third kappa shape index (κ3) is 2.96. The number of ether oxygens (including phenoxy) is 1. The number of benzene rings is 1. The van der Waals surface area contributed by atoms with Crippen LogP contribution in [-0.4, -0.2) is 19.8 Å². The van der Waals surface area contributed by atoms with Gasteiger partial charge in [-0.3, -0.25) is 0 Å². The highest BCUT2D eigenvalue weighted by Gasteiger charge is 2.08. The van der Waals surface area contributed by atoms with Gasteiger partial charge in [-0.2, -0.15) is 0 Å². The first-order chi connectivity index (χ1) is 6.65. The first kappa shape index (κ1) is 11.5. The van der Waals surface area contributed by atoms with E-state index in [1.807, 2.05) is 6.92 Å². The minimum Gasteiger partial charge on any atom is -0.383 e. The molecule has 0 heterocycles. The lowest BCUT2D eigenvalue weighted by Crippen LogP contribution is -2.21. The zero-order valence-corrected chi connectivity index (χ0v) is 9.77. The van der Waals surface area contributed by atoms with Gasteiger partial charge in [-0.05, 0) is 35.0 Å². The summed E-state index contributed by atoms with van der Waals surface area (Å²) in [4.78, 5) is 0. The predicted octanol–water partition coefficient (Wildman–Crippen LogP) is 3.04. The molecule has 0 saturated carbocycles. The van der Waals surface area contributed by atoms with Crippen LogP contribution in [0.2, 0.25) is 0 Å².